The summed E-state index contributed by atoms with van der Waals surface area (Å²) in [5.74, 6) is -0.447. The molecule has 1 saturated heterocycles. The van der Waals surface area contributed by atoms with Gasteiger partial charge in [0.1, 0.15) is 5.60 Å². The van der Waals surface area contributed by atoms with Crippen LogP contribution in [0, 0.1) is 5.41 Å². The Labute approximate surface area is 101 Å². The number of likely N-dealkylation sites (tertiary alicyclic amines) is 1. The summed E-state index contributed by atoms with van der Waals surface area (Å²) >= 11 is 0. The molecule has 0 aromatic carbocycles. The molecule has 1 heterocycles. The fourth-order valence-electron chi connectivity index (χ4n) is 1.79. The maximum absolute atomic E-state index is 13.5. The van der Waals surface area contributed by atoms with E-state index < -0.39 is 29.1 Å². The second-order valence-electron chi connectivity index (χ2n) is 6.08. The van der Waals surface area contributed by atoms with Gasteiger partial charge in [0.25, 0.3) is 0 Å². The zero-order chi connectivity index (χ0) is 13.4. The lowest BCUT2D eigenvalue weighted by Crippen LogP contribution is -2.55. The molecule has 1 fully saturated rings. The first kappa shape index (κ1) is 13.9. The van der Waals surface area contributed by atoms with Crippen molar-refractivity contribution in [1.82, 2.24) is 4.90 Å². The summed E-state index contributed by atoms with van der Waals surface area (Å²) in [4.78, 5) is 24.6. The molecule has 1 aliphatic rings. The molecule has 1 aliphatic heterocycles. The first-order valence-electron chi connectivity index (χ1n) is 5.69. The molecule has 17 heavy (non-hydrogen) atoms. The smallest absolute Gasteiger partial charge is 0.410 e. The summed E-state index contributed by atoms with van der Waals surface area (Å²) in [5.41, 5.74) is -1.47. The molecule has 1 amide bonds. The van der Waals surface area contributed by atoms with Crippen molar-refractivity contribution >= 4 is 11.9 Å². The summed E-state index contributed by atoms with van der Waals surface area (Å²) in [7, 11) is 0. The van der Waals surface area contributed by atoms with Gasteiger partial charge in [-0.2, -0.15) is 0 Å². The minimum absolute atomic E-state index is 0.196. The van der Waals surface area contributed by atoms with Gasteiger partial charge in [-0.05, 0) is 20.8 Å². The summed E-state index contributed by atoms with van der Waals surface area (Å²) in [6.07, 6.45) is -2.19. The van der Waals surface area contributed by atoms with Crippen molar-refractivity contribution in [3.05, 3.63) is 0 Å². The zero-order valence-electron chi connectivity index (χ0n) is 11.0. The molecule has 1 atom stereocenters. The van der Waals surface area contributed by atoms with E-state index in [0.29, 0.717) is 0 Å². The molecule has 0 radical (unpaired) electrons. The highest BCUT2D eigenvalue weighted by Gasteiger charge is 2.43. The van der Waals surface area contributed by atoms with E-state index in [1.165, 1.54) is 4.90 Å². The van der Waals surface area contributed by atoms with Crippen molar-refractivity contribution < 1.29 is 18.7 Å². The average Bonchev–Trinajstić information content (AvgIpc) is 2.10. The highest BCUT2D eigenvalue weighted by atomic mass is 19.1. The maximum atomic E-state index is 13.5. The molecular formula is C12H20FNO3. The molecule has 4 nitrogen and oxygen atoms in total. The van der Waals surface area contributed by atoms with Crippen molar-refractivity contribution in [3.8, 4) is 0 Å². The Morgan fingerprint density at radius 3 is 2.41 bits per heavy atom. The van der Waals surface area contributed by atoms with Gasteiger partial charge in [-0.1, -0.05) is 13.8 Å². The van der Waals surface area contributed by atoms with Crippen LogP contribution in [0.5, 0.6) is 0 Å². The summed E-state index contributed by atoms with van der Waals surface area (Å²) in [6, 6.07) is 0. The molecule has 0 saturated carbocycles. The number of rotatable bonds is 0. The van der Waals surface area contributed by atoms with Crippen LogP contribution in [-0.4, -0.2) is 41.6 Å². The van der Waals surface area contributed by atoms with Crippen LogP contribution in [0.3, 0.4) is 0 Å². The van der Waals surface area contributed by atoms with Gasteiger partial charge in [0.05, 0.1) is 6.54 Å². The monoisotopic (exact) mass is 245 g/mol. The van der Waals surface area contributed by atoms with E-state index >= 15 is 0 Å². The molecule has 1 rings (SSSR count). The van der Waals surface area contributed by atoms with Crippen LogP contribution in [0.4, 0.5) is 9.18 Å². The molecule has 0 aromatic heterocycles. The van der Waals surface area contributed by atoms with E-state index in [4.69, 9.17) is 4.74 Å². The van der Waals surface area contributed by atoms with E-state index in [2.05, 4.69) is 0 Å². The fourth-order valence-corrected chi connectivity index (χ4v) is 1.79. The number of ether oxygens (including phenoxy) is 1. The van der Waals surface area contributed by atoms with Crippen molar-refractivity contribution in [1.29, 1.82) is 0 Å². The number of Topliss-reactive ketones (excluding diaryl/α,β-unsaturated/α-hetero) is 1. The minimum Gasteiger partial charge on any atom is -0.444 e. The number of hydrogen-bond acceptors (Lipinski definition) is 3. The van der Waals surface area contributed by atoms with Gasteiger partial charge < -0.3 is 9.64 Å². The number of hydrogen-bond donors (Lipinski definition) is 0. The standard InChI is InChI=1S/C12H20FNO3/c1-11(2,3)17-10(16)14-6-8(13)9(15)12(4,5)7-14/h8H,6-7H2,1-5H3/t8-/m1/s1. The third-order valence-electron chi connectivity index (χ3n) is 2.57. The van der Waals surface area contributed by atoms with Gasteiger partial charge in [0, 0.05) is 12.0 Å². The number of halogens is 1. The second-order valence-corrected chi connectivity index (χ2v) is 6.08. The number of nitrogens with zero attached hydrogens (tertiary/aromatic N) is 1. The van der Waals surface area contributed by atoms with Crippen LogP contribution in [0.2, 0.25) is 0 Å². The number of carbonyl (C=O) groups is 2. The Bertz CT molecular complexity index is 333. The molecule has 0 aliphatic carbocycles. The lowest BCUT2D eigenvalue weighted by atomic mass is 9.82. The first-order chi connectivity index (χ1) is 7.53. The van der Waals surface area contributed by atoms with Crippen molar-refractivity contribution in [2.24, 2.45) is 5.41 Å². The SMILES string of the molecule is CC(C)(C)OC(=O)N1C[C@@H](F)C(=O)C(C)(C)C1. The van der Waals surface area contributed by atoms with E-state index in [1.54, 1.807) is 34.6 Å². The molecule has 0 unspecified atom stereocenters. The first-order valence-corrected chi connectivity index (χ1v) is 5.69. The molecule has 98 valence electrons. The average molecular weight is 245 g/mol. The van der Waals surface area contributed by atoms with Gasteiger partial charge in [-0.25, -0.2) is 9.18 Å². The van der Waals surface area contributed by atoms with Gasteiger partial charge in [0.2, 0.25) is 0 Å². The normalized spacial score (nSPS) is 24.7. The summed E-state index contributed by atoms with van der Waals surface area (Å²) < 4.78 is 18.7. The van der Waals surface area contributed by atoms with Crippen molar-refractivity contribution in [2.75, 3.05) is 13.1 Å². The van der Waals surface area contributed by atoms with Gasteiger partial charge in [0.15, 0.2) is 12.0 Å². The lowest BCUT2D eigenvalue weighted by molar-refractivity contribution is -0.137. The van der Waals surface area contributed by atoms with Crippen LogP contribution in [0.25, 0.3) is 0 Å². The van der Waals surface area contributed by atoms with Crippen molar-refractivity contribution in [2.45, 2.75) is 46.4 Å². The Morgan fingerprint density at radius 1 is 1.47 bits per heavy atom. The van der Waals surface area contributed by atoms with Gasteiger partial charge in [-0.15, -0.1) is 0 Å². The number of ketones is 1. The molecule has 0 spiro atoms. The fraction of sp³-hybridized carbons (Fsp3) is 0.833. The largest absolute Gasteiger partial charge is 0.444 e. The Morgan fingerprint density at radius 2 is 2.00 bits per heavy atom. The van der Waals surface area contributed by atoms with Crippen molar-refractivity contribution in [3.63, 3.8) is 0 Å². The Kier molecular flexibility index (Phi) is 3.50. The second kappa shape index (κ2) is 4.27. The Balaban J connectivity index is 2.74. The number of piperidine rings is 1. The third-order valence-corrected chi connectivity index (χ3v) is 2.57. The predicted molar refractivity (Wildman–Crippen MR) is 61.5 cm³/mol. The predicted octanol–water partition coefficient (Wildman–Crippen LogP) is 2.17. The maximum Gasteiger partial charge on any atom is 0.410 e. The molecule has 0 aromatic rings. The number of alkyl halides is 1. The molecular weight excluding hydrogens is 225 g/mol. The number of amides is 1. The molecule has 5 heteroatoms. The van der Waals surface area contributed by atoms with Gasteiger partial charge >= 0.3 is 6.09 Å². The van der Waals surface area contributed by atoms with Crippen LogP contribution in [0.1, 0.15) is 34.6 Å². The van der Waals surface area contributed by atoms with E-state index in [1.807, 2.05) is 0 Å². The summed E-state index contributed by atoms with van der Waals surface area (Å²) in [6.45, 7) is 8.50. The molecule has 0 N–H and O–H groups in total. The van der Waals surface area contributed by atoms with Crippen LogP contribution in [0.15, 0.2) is 0 Å². The Hall–Kier alpha value is -1.13. The van der Waals surface area contributed by atoms with E-state index in [0.717, 1.165) is 0 Å². The minimum atomic E-state index is -1.62. The van der Waals surface area contributed by atoms with E-state index in [9.17, 15) is 14.0 Å². The molecule has 0 bridgehead atoms. The summed E-state index contributed by atoms with van der Waals surface area (Å²) in [5, 5.41) is 0. The highest BCUT2D eigenvalue weighted by molar-refractivity contribution is 5.90. The topological polar surface area (TPSA) is 46.6 Å². The van der Waals surface area contributed by atoms with Gasteiger partial charge in [-0.3, -0.25) is 4.79 Å². The lowest BCUT2D eigenvalue weighted by Gasteiger charge is -2.38. The zero-order valence-corrected chi connectivity index (χ0v) is 11.0. The highest BCUT2D eigenvalue weighted by Crippen LogP contribution is 2.28. The number of carbonyl (C=O) groups excluding carboxylic acids is 2. The van der Waals surface area contributed by atoms with Crippen LogP contribution < -0.4 is 0 Å². The van der Waals surface area contributed by atoms with Crippen LogP contribution in [-0.2, 0) is 9.53 Å². The quantitative estimate of drug-likeness (QED) is 0.657. The third kappa shape index (κ3) is 3.41. The van der Waals surface area contributed by atoms with Crippen LogP contribution >= 0.6 is 0 Å². The van der Waals surface area contributed by atoms with E-state index in [-0.39, 0.29) is 13.1 Å².